The van der Waals surface area contributed by atoms with Crippen molar-refractivity contribution >= 4 is 22.6 Å². The molecule has 0 amide bonds. The van der Waals surface area contributed by atoms with Crippen molar-refractivity contribution in [3.8, 4) is 23.0 Å². The fourth-order valence-corrected chi connectivity index (χ4v) is 3.89. The zero-order valence-electron chi connectivity index (χ0n) is 19.7. The number of hydrogen-bond acceptors (Lipinski definition) is 6. The second-order valence-corrected chi connectivity index (χ2v) is 7.99. The number of ether oxygens (including phenoxy) is 4. The first-order chi connectivity index (χ1) is 16.1. The predicted molar refractivity (Wildman–Crippen MR) is 135 cm³/mol. The first-order valence-electron chi connectivity index (χ1n) is 10.4. The van der Waals surface area contributed by atoms with Crippen molar-refractivity contribution in [1.82, 2.24) is 4.90 Å². The highest BCUT2D eigenvalue weighted by Crippen LogP contribution is 2.29. The van der Waals surface area contributed by atoms with E-state index in [0.29, 0.717) is 24.6 Å². The van der Waals surface area contributed by atoms with Crippen LogP contribution in [0.4, 0.5) is 5.69 Å². The largest absolute Gasteiger partial charge is 0.497 e. The van der Waals surface area contributed by atoms with Gasteiger partial charge in [-0.25, -0.2) is 4.99 Å². The average Bonchev–Trinajstić information content (AvgIpc) is 2.87. The molecule has 0 aliphatic heterocycles. The summed E-state index contributed by atoms with van der Waals surface area (Å²) in [6.07, 6.45) is 2.03. The van der Waals surface area contributed by atoms with Crippen LogP contribution >= 0.6 is 11.8 Å². The van der Waals surface area contributed by atoms with Crippen LogP contribution in [-0.4, -0.2) is 44.8 Å². The first-order valence-corrected chi connectivity index (χ1v) is 11.7. The molecule has 0 aliphatic rings. The van der Waals surface area contributed by atoms with Crippen LogP contribution in [0.5, 0.6) is 23.0 Å². The van der Waals surface area contributed by atoms with Crippen LogP contribution in [0.25, 0.3) is 0 Å². The Morgan fingerprint density at radius 3 is 1.45 bits per heavy atom. The molecule has 0 fully saturated rings. The fraction of sp³-hybridized carbons (Fsp3) is 0.269. The molecule has 0 atom stereocenters. The third kappa shape index (κ3) is 6.83. The summed E-state index contributed by atoms with van der Waals surface area (Å²) in [6.45, 7) is 1.38. The third-order valence-electron chi connectivity index (χ3n) is 5.08. The van der Waals surface area contributed by atoms with Gasteiger partial charge in [-0.3, -0.25) is 0 Å². The van der Waals surface area contributed by atoms with Crippen LogP contribution in [0.3, 0.4) is 0 Å². The molecule has 0 spiro atoms. The summed E-state index contributed by atoms with van der Waals surface area (Å²) in [5, 5.41) is 0.886. The van der Waals surface area contributed by atoms with E-state index in [9.17, 15) is 0 Å². The quantitative estimate of drug-likeness (QED) is 0.295. The molecule has 3 rings (SSSR count). The highest BCUT2D eigenvalue weighted by Gasteiger charge is 2.14. The van der Waals surface area contributed by atoms with Crippen LogP contribution in [-0.2, 0) is 13.1 Å². The number of methoxy groups -OCH3 is 4. The van der Waals surface area contributed by atoms with Gasteiger partial charge in [-0.15, -0.1) is 0 Å². The minimum Gasteiger partial charge on any atom is -0.497 e. The average molecular weight is 467 g/mol. The Morgan fingerprint density at radius 2 is 1.09 bits per heavy atom. The predicted octanol–water partition coefficient (Wildman–Crippen LogP) is 5.77. The summed E-state index contributed by atoms with van der Waals surface area (Å²) in [5.41, 5.74) is 3.09. The molecule has 0 aliphatic carbocycles. The van der Waals surface area contributed by atoms with Crippen molar-refractivity contribution in [1.29, 1.82) is 0 Å². The standard InChI is InChI=1S/C26H30N2O4S/c1-29-22-10-6-19(7-11-22)17-28(18-20-8-12-23(30-2)13-9-20)26(33-5)27-21-14-24(31-3)16-25(15-21)32-4/h6-16H,17-18H2,1-5H3. The van der Waals surface area contributed by atoms with Gasteiger partial charge in [0.05, 0.1) is 34.1 Å². The molecule has 0 saturated heterocycles. The number of benzene rings is 3. The van der Waals surface area contributed by atoms with Crippen molar-refractivity contribution in [3.63, 3.8) is 0 Å². The number of rotatable bonds is 9. The van der Waals surface area contributed by atoms with E-state index in [1.54, 1.807) is 40.2 Å². The molecule has 0 heterocycles. The minimum atomic E-state index is 0.691. The van der Waals surface area contributed by atoms with E-state index in [4.69, 9.17) is 23.9 Å². The van der Waals surface area contributed by atoms with Crippen molar-refractivity contribution in [2.75, 3.05) is 34.7 Å². The Morgan fingerprint density at radius 1 is 0.667 bits per heavy atom. The molecule has 0 radical (unpaired) electrons. The van der Waals surface area contributed by atoms with E-state index in [-0.39, 0.29) is 0 Å². The van der Waals surface area contributed by atoms with Crippen LogP contribution in [0.2, 0.25) is 0 Å². The molecule has 0 unspecified atom stereocenters. The Hall–Kier alpha value is -3.32. The highest BCUT2D eigenvalue weighted by molar-refractivity contribution is 8.13. The highest BCUT2D eigenvalue weighted by atomic mass is 32.2. The Balaban J connectivity index is 1.96. The molecule has 33 heavy (non-hydrogen) atoms. The SMILES string of the molecule is COc1ccc(CN(Cc2ccc(OC)cc2)C(=Nc2cc(OC)cc(OC)c2)SC)cc1. The van der Waals surface area contributed by atoms with E-state index in [0.717, 1.165) is 33.5 Å². The molecular weight excluding hydrogens is 436 g/mol. The van der Waals surface area contributed by atoms with E-state index >= 15 is 0 Å². The summed E-state index contributed by atoms with van der Waals surface area (Å²) in [4.78, 5) is 7.20. The maximum Gasteiger partial charge on any atom is 0.164 e. The number of nitrogens with zero attached hydrogens (tertiary/aromatic N) is 2. The van der Waals surface area contributed by atoms with Gasteiger partial charge in [0.2, 0.25) is 0 Å². The lowest BCUT2D eigenvalue weighted by atomic mass is 10.1. The van der Waals surface area contributed by atoms with Crippen molar-refractivity contribution < 1.29 is 18.9 Å². The molecular formula is C26H30N2O4S. The van der Waals surface area contributed by atoms with Gasteiger partial charge in [-0.05, 0) is 41.6 Å². The molecule has 0 saturated carbocycles. The van der Waals surface area contributed by atoms with Crippen molar-refractivity contribution in [2.45, 2.75) is 13.1 Å². The molecule has 0 aromatic heterocycles. The summed E-state index contributed by atoms with van der Waals surface area (Å²) in [6, 6.07) is 21.8. The number of amidine groups is 1. The summed E-state index contributed by atoms with van der Waals surface area (Å²) in [7, 11) is 6.62. The maximum absolute atomic E-state index is 5.41. The van der Waals surface area contributed by atoms with Crippen LogP contribution in [0, 0.1) is 0 Å². The molecule has 6 nitrogen and oxygen atoms in total. The van der Waals surface area contributed by atoms with Crippen LogP contribution in [0.1, 0.15) is 11.1 Å². The van der Waals surface area contributed by atoms with Gasteiger partial charge in [0.25, 0.3) is 0 Å². The zero-order valence-corrected chi connectivity index (χ0v) is 20.5. The van der Waals surface area contributed by atoms with E-state index in [2.05, 4.69) is 29.2 Å². The molecule has 3 aromatic carbocycles. The van der Waals surface area contributed by atoms with Gasteiger partial charge in [0.1, 0.15) is 23.0 Å². The lowest BCUT2D eigenvalue weighted by Crippen LogP contribution is -2.27. The smallest absolute Gasteiger partial charge is 0.164 e. The fourth-order valence-electron chi connectivity index (χ4n) is 3.31. The van der Waals surface area contributed by atoms with E-state index < -0.39 is 0 Å². The summed E-state index contributed by atoms with van der Waals surface area (Å²) >= 11 is 1.60. The Bertz CT molecular complexity index is 981. The number of thioether (sulfide) groups is 1. The van der Waals surface area contributed by atoms with Gasteiger partial charge in [0, 0.05) is 31.3 Å². The van der Waals surface area contributed by atoms with Gasteiger partial charge < -0.3 is 23.8 Å². The third-order valence-corrected chi connectivity index (χ3v) is 5.79. The summed E-state index contributed by atoms with van der Waals surface area (Å²) in [5.74, 6) is 3.07. The molecule has 7 heteroatoms. The van der Waals surface area contributed by atoms with Gasteiger partial charge in [-0.1, -0.05) is 36.0 Å². The van der Waals surface area contributed by atoms with Crippen LogP contribution in [0.15, 0.2) is 71.7 Å². The minimum absolute atomic E-state index is 0.691. The second-order valence-electron chi connectivity index (χ2n) is 7.22. The normalized spacial score (nSPS) is 11.1. The van der Waals surface area contributed by atoms with E-state index in [1.807, 2.05) is 48.7 Å². The Labute approximate surface area is 200 Å². The van der Waals surface area contributed by atoms with E-state index in [1.165, 1.54) is 0 Å². The molecule has 0 N–H and O–H groups in total. The lowest BCUT2D eigenvalue weighted by molar-refractivity contribution is 0.394. The zero-order chi connectivity index (χ0) is 23.6. The van der Waals surface area contributed by atoms with Crippen molar-refractivity contribution in [2.24, 2.45) is 4.99 Å². The van der Waals surface area contributed by atoms with Gasteiger partial charge >= 0.3 is 0 Å². The number of hydrogen-bond donors (Lipinski definition) is 0. The monoisotopic (exact) mass is 466 g/mol. The second kappa shape index (κ2) is 12.1. The van der Waals surface area contributed by atoms with Crippen molar-refractivity contribution in [3.05, 3.63) is 77.9 Å². The Kier molecular flexibility index (Phi) is 8.89. The van der Waals surface area contributed by atoms with Gasteiger partial charge in [0.15, 0.2) is 5.17 Å². The first kappa shape index (κ1) is 24.3. The summed E-state index contributed by atoms with van der Waals surface area (Å²) < 4.78 is 21.4. The number of aliphatic imine (C=N–C) groups is 1. The molecule has 3 aromatic rings. The lowest BCUT2D eigenvalue weighted by Gasteiger charge is -2.26. The van der Waals surface area contributed by atoms with Crippen LogP contribution < -0.4 is 18.9 Å². The molecule has 0 bridgehead atoms. The molecule has 174 valence electrons. The topological polar surface area (TPSA) is 52.5 Å². The maximum atomic E-state index is 5.41. The van der Waals surface area contributed by atoms with Gasteiger partial charge in [-0.2, -0.15) is 0 Å².